The van der Waals surface area contributed by atoms with Crippen molar-refractivity contribution in [3.8, 4) is 0 Å². The minimum atomic E-state index is -3.03. The first-order valence-corrected chi connectivity index (χ1v) is 14.6. The standard InChI is InChI=1S/C5H5.C4H4P.4CH3.2ClH.Ti/c2*1-2-4-5-3-1;;;;;;;/h1-3H,4H2;1-3,5H;4*1H3;2*1H;. The molecule has 0 fully saturated rings. The molecular weight excluding hydrogens is 306 g/mol. The van der Waals surface area contributed by atoms with Crippen LogP contribution in [0.3, 0.4) is 0 Å². The first-order valence-electron chi connectivity index (χ1n) is 5.71. The molecule has 98 valence electrons. The maximum atomic E-state index is 2.56. The summed E-state index contributed by atoms with van der Waals surface area (Å²) in [5, 5.41) is 10.2. The Labute approximate surface area is 117 Å². The first kappa shape index (κ1) is 17.6. The summed E-state index contributed by atoms with van der Waals surface area (Å²) in [6.07, 6.45) is 8.07. The van der Waals surface area contributed by atoms with Gasteiger partial charge in [0.15, 0.2) is 0 Å². The van der Waals surface area contributed by atoms with Gasteiger partial charge in [0.25, 0.3) is 0 Å². The fourth-order valence-electron chi connectivity index (χ4n) is 2.48. The number of halogens is 2. The van der Waals surface area contributed by atoms with Crippen LogP contribution in [-0.4, -0.2) is 0 Å². The summed E-state index contributed by atoms with van der Waals surface area (Å²) in [6, 6.07) is 4.61. The summed E-state index contributed by atoms with van der Waals surface area (Å²) in [5.41, 5.74) is 0. The maximum absolute atomic E-state index is 3.03. The molecule has 17 heavy (non-hydrogen) atoms. The van der Waals surface area contributed by atoms with Crippen LogP contribution >= 0.6 is 33.0 Å². The Kier molecular flexibility index (Phi) is 4.73. The van der Waals surface area contributed by atoms with Crippen molar-refractivity contribution in [1.29, 1.82) is 0 Å². The number of hydrogen-bond donors (Lipinski definition) is 0. The molecule has 0 bridgehead atoms. The van der Waals surface area contributed by atoms with Crippen LogP contribution in [0.5, 0.6) is 0 Å². The Morgan fingerprint density at radius 2 is 1.76 bits per heavy atom. The Bertz CT molecular complexity index is 448. The molecule has 1 aromatic rings. The van der Waals surface area contributed by atoms with Crippen molar-refractivity contribution in [3.05, 3.63) is 40.0 Å². The average molecular weight is 329 g/mol. The van der Waals surface area contributed by atoms with Crippen LogP contribution in [0.15, 0.2) is 40.0 Å². The van der Waals surface area contributed by atoms with Crippen LogP contribution in [0.1, 0.15) is 6.42 Å². The summed E-state index contributed by atoms with van der Waals surface area (Å²) in [5.74, 6) is 2.32. The molecule has 0 aliphatic heterocycles. The SMILES string of the molecule is Cl.Cl.[CH3][Ti]([CH3])([CH3])([CH3])([C]1=CC=CC1)[c]1ccc[pH]1. The van der Waals surface area contributed by atoms with E-state index >= 15 is 0 Å². The molecule has 2 rings (SSSR count). The molecular formula is C13H23Cl2PTi. The van der Waals surface area contributed by atoms with Gasteiger partial charge in [-0.3, -0.25) is 0 Å². The zero-order valence-corrected chi connectivity index (χ0v) is 15.2. The van der Waals surface area contributed by atoms with E-state index in [0.717, 1.165) is 8.19 Å². The molecule has 1 aliphatic rings. The summed E-state index contributed by atoms with van der Waals surface area (Å²) in [7, 11) is 0.915. The van der Waals surface area contributed by atoms with Gasteiger partial charge in [-0.25, -0.2) is 0 Å². The quantitative estimate of drug-likeness (QED) is 0.633. The van der Waals surface area contributed by atoms with E-state index in [9.17, 15) is 0 Å². The van der Waals surface area contributed by atoms with Crippen LogP contribution in [0.25, 0.3) is 0 Å². The van der Waals surface area contributed by atoms with Crippen LogP contribution in [0.2, 0.25) is 20.9 Å². The average Bonchev–Trinajstić information content (AvgIpc) is 2.77. The molecule has 0 aromatic carbocycles. The van der Waals surface area contributed by atoms with Gasteiger partial charge in [0, 0.05) is 0 Å². The van der Waals surface area contributed by atoms with Gasteiger partial charge in [0.1, 0.15) is 0 Å². The molecule has 1 unspecified atom stereocenters. The predicted octanol–water partition coefficient (Wildman–Crippen LogP) is 5.45. The summed E-state index contributed by atoms with van der Waals surface area (Å²) < 4.78 is 3.43. The molecule has 0 radical (unpaired) electrons. The van der Waals surface area contributed by atoms with E-state index < -0.39 is 14.0 Å². The molecule has 4 heteroatoms. The van der Waals surface area contributed by atoms with Gasteiger partial charge < -0.3 is 0 Å². The molecule has 0 N–H and O–H groups in total. The van der Waals surface area contributed by atoms with Crippen molar-refractivity contribution in [2.75, 3.05) is 0 Å². The zero-order chi connectivity index (χ0) is 11.2. The summed E-state index contributed by atoms with van der Waals surface area (Å²) in [4.78, 5) is 0. The third-order valence-electron chi connectivity index (χ3n) is 4.03. The summed E-state index contributed by atoms with van der Waals surface area (Å²) >= 11 is -3.03. The topological polar surface area (TPSA) is 0 Å². The van der Waals surface area contributed by atoms with E-state index in [-0.39, 0.29) is 24.8 Å². The van der Waals surface area contributed by atoms with Gasteiger partial charge in [0.05, 0.1) is 0 Å². The van der Waals surface area contributed by atoms with Gasteiger partial charge >= 0.3 is 93.2 Å². The third-order valence-corrected chi connectivity index (χ3v) is 19.3. The molecule has 0 saturated carbocycles. The van der Waals surface area contributed by atoms with Gasteiger partial charge in [0.2, 0.25) is 0 Å². The van der Waals surface area contributed by atoms with Gasteiger partial charge in [-0.15, -0.1) is 24.8 Å². The van der Waals surface area contributed by atoms with Crippen molar-refractivity contribution in [2.24, 2.45) is 0 Å². The third kappa shape index (κ3) is 2.94. The molecule has 1 aromatic heterocycles. The summed E-state index contributed by atoms with van der Waals surface area (Å²) in [6.45, 7) is 0. The molecule has 0 amide bonds. The second kappa shape index (κ2) is 4.59. The van der Waals surface area contributed by atoms with E-state index in [2.05, 4.69) is 57.1 Å². The second-order valence-corrected chi connectivity index (χ2v) is 27.3. The van der Waals surface area contributed by atoms with Crippen LogP contribution in [0, 0.1) is 0 Å². The number of hydrogen-bond acceptors (Lipinski definition) is 0. The van der Waals surface area contributed by atoms with E-state index in [1.165, 1.54) is 6.42 Å². The zero-order valence-electron chi connectivity index (χ0n) is 11.0. The first-order chi connectivity index (χ1) is 6.74. The predicted molar refractivity (Wildman–Crippen MR) is 85.4 cm³/mol. The Morgan fingerprint density at radius 1 is 1.12 bits per heavy atom. The van der Waals surface area contributed by atoms with Crippen molar-refractivity contribution in [3.63, 3.8) is 0 Å². The molecule has 0 nitrogen and oxygen atoms in total. The van der Waals surface area contributed by atoms with Crippen LogP contribution in [-0.2, 0) is 14.0 Å². The van der Waals surface area contributed by atoms with Crippen molar-refractivity contribution in [2.45, 2.75) is 27.3 Å². The fourth-order valence-corrected chi connectivity index (χ4v) is 12.6. The van der Waals surface area contributed by atoms with Crippen molar-refractivity contribution in [1.82, 2.24) is 0 Å². The second-order valence-electron chi connectivity index (χ2n) is 7.53. The fraction of sp³-hybridized carbons (Fsp3) is 0.385. The van der Waals surface area contributed by atoms with Crippen molar-refractivity contribution < 1.29 is 14.0 Å². The van der Waals surface area contributed by atoms with E-state index in [1.54, 1.807) is 7.48 Å². The van der Waals surface area contributed by atoms with E-state index in [0.29, 0.717) is 0 Å². The van der Waals surface area contributed by atoms with Gasteiger partial charge in [-0.1, -0.05) is 0 Å². The minimum absolute atomic E-state index is 0. The monoisotopic (exact) mass is 328 g/mol. The molecule has 1 aliphatic carbocycles. The Balaban J connectivity index is 0.00000128. The van der Waals surface area contributed by atoms with E-state index in [4.69, 9.17) is 0 Å². The van der Waals surface area contributed by atoms with Gasteiger partial charge in [-0.2, -0.15) is 0 Å². The normalized spacial score (nSPS) is 18.9. The number of allylic oxidation sites excluding steroid dienone is 4. The Morgan fingerprint density at radius 3 is 2.18 bits per heavy atom. The van der Waals surface area contributed by atoms with Crippen LogP contribution < -0.4 is 3.60 Å². The molecule has 1 heterocycles. The molecule has 0 saturated heterocycles. The van der Waals surface area contributed by atoms with E-state index in [1.807, 2.05) is 0 Å². The Hall–Kier alpha value is 0.554. The molecule has 0 spiro atoms. The number of rotatable bonds is 2. The van der Waals surface area contributed by atoms with Crippen molar-refractivity contribution >= 4 is 36.6 Å². The van der Waals surface area contributed by atoms with Crippen LogP contribution in [0.4, 0.5) is 0 Å². The molecule has 1 atom stereocenters. The van der Waals surface area contributed by atoms with Gasteiger partial charge in [-0.05, 0) is 0 Å².